The smallest absolute Gasteiger partial charge is 0.407 e. The minimum absolute atomic E-state index is 0.269. The van der Waals surface area contributed by atoms with Crippen LogP contribution in [-0.4, -0.2) is 30.1 Å². The Morgan fingerprint density at radius 2 is 1.25 bits per heavy atom. The van der Waals surface area contributed by atoms with Crippen molar-refractivity contribution in [2.45, 2.75) is 115 Å². The monoisotopic (exact) mass is 465 g/mol. The van der Waals surface area contributed by atoms with E-state index in [0.29, 0.717) is 13.2 Å². The van der Waals surface area contributed by atoms with Gasteiger partial charge in [-0.3, -0.25) is 0 Å². The lowest BCUT2D eigenvalue weighted by Crippen LogP contribution is -2.26. The average molecular weight is 466 g/mol. The van der Waals surface area contributed by atoms with Gasteiger partial charge in [0.05, 0.1) is 6.61 Å². The fraction of sp³-hybridized carbons (Fsp3) is 0.741. The molecule has 0 aliphatic rings. The van der Waals surface area contributed by atoms with Crippen LogP contribution in [0.1, 0.15) is 110 Å². The number of amides is 1. The van der Waals surface area contributed by atoms with Crippen molar-refractivity contribution in [1.29, 1.82) is 0 Å². The van der Waals surface area contributed by atoms with Gasteiger partial charge in [-0.05, 0) is 30.7 Å². The van der Waals surface area contributed by atoms with E-state index in [0.717, 1.165) is 23.5 Å². The molecule has 0 atom stereocenters. The van der Waals surface area contributed by atoms with E-state index in [-0.39, 0.29) is 11.8 Å². The van der Waals surface area contributed by atoms with Crippen LogP contribution in [0, 0.1) is 0 Å². The molecular weight excluding hydrogens is 418 g/mol. The number of aromatic hydroxyl groups is 1. The van der Waals surface area contributed by atoms with E-state index in [2.05, 4.69) is 12.2 Å². The van der Waals surface area contributed by atoms with E-state index in [4.69, 9.17) is 4.74 Å². The molecule has 1 aromatic rings. The van der Waals surface area contributed by atoms with Crippen LogP contribution in [0.3, 0.4) is 0 Å². The zero-order valence-electron chi connectivity index (χ0n) is 20.4. The third-order valence-corrected chi connectivity index (χ3v) is 6.72. The maximum atomic E-state index is 11.7. The van der Waals surface area contributed by atoms with Crippen LogP contribution >= 0.6 is 11.8 Å². The molecule has 184 valence electrons. The summed E-state index contributed by atoms with van der Waals surface area (Å²) in [5, 5.41) is 12.0. The predicted molar refractivity (Wildman–Crippen MR) is 138 cm³/mol. The number of carbonyl (C=O) groups is 1. The van der Waals surface area contributed by atoms with E-state index in [1.54, 1.807) is 23.9 Å². The first-order valence-electron chi connectivity index (χ1n) is 13.0. The van der Waals surface area contributed by atoms with Crippen LogP contribution in [0.25, 0.3) is 0 Å². The summed E-state index contributed by atoms with van der Waals surface area (Å²) < 4.78 is 5.24. The first-order valence-corrected chi connectivity index (χ1v) is 14.0. The normalized spacial score (nSPS) is 10.9. The molecule has 0 saturated carbocycles. The summed E-state index contributed by atoms with van der Waals surface area (Å²) in [6, 6.07) is 7.08. The Hall–Kier alpha value is -1.36. The second-order valence-corrected chi connectivity index (χ2v) is 9.88. The van der Waals surface area contributed by atoms with Crippen molar-refractivity contribution in [1.82, 2.24) is 5.32 Å². The molecule has 2 N–H and O–H groups in total. The first kappa shape index (κ1) is 28.7. The summed E-state index contributed by atoms with van der Waals surface area (Å²) in [6.07, 6.45) is 21.2. The van der Waals surface area contributed by atoms with Gasteiger partial charge in [0.2, 0.25) is 0 Å². The lowest BCUT2D eigenvalue weighted by molar-refractivity contribution is 0.144. The molecule has 5 heteroatoms. The highest BCUT2D eigenvalue weighted by Gasteiger charge is 2.02. The number of phenols is 1. The summed E-state index contributed by atoms with van der Waals surface area (Å²) in [6.45, 7) is 3.36. The topological polar surface area (TPSA) is 58.6 Å². The number of thioether (sulfide) groups is 1. The molecular formula is C27H47NO3S. The van der Waals surface area contributed by atoms with Crippen molar-refractivity contribution in [3.05, 3.63) is 24.3 Å². The Morgan fingerprint density at radius 1 is 0.781 bits per heavy atom. The fourth-order valence-corrected chi connectivity index (χ4v) is 4.50. The molecule has 0 bridgehead atoms. The van der Waals surface area contributed by atoms with Gasteiger partial charge in [0.15, 0.2) is 0 Å². The predicted octanol–water partition coefficient (Wildman–Crippen LogP) is 8.47. The number of carbonyl (C=O) groups excluding carboxylic acids is 1. The summed E-state index contributed by atoms with van der Waals surface area (Å²) in [5.74, 6) is 1.05. The number of rotatable bonds is 21. The van der Waals surface area contributed by atoms with Gasteiger partial charge in [-0.15, -0.1) is 11.8 Å². The maximum absolute atomic E-state index is 11.7. The summed E-state index contributed by atoms with van der Waals surface area (Å²) in [7, 11) is 0. The molecule has 0 fully saturated rings. The second-order valence-electron chi connectivity index (χ2n) is 8.71. The van der Waals surface area contributed by atoms with E-state index in [1.165, 1.54) is 89.9 Å². The summed E-state index contributed by atoms with van der Waals surface area (Å²) >= 11 is 1.64. The molecule has 0 unspecified atom stereocenters. The molecule has 32 heavy (non-hydrogen) atoms. The number of nitrogens with one attached hydrogen (secondary N) is 1. The van der Waals surface area contributed by atoms with Gasteiger partial charge in [-0.2, -0.15) is 0 Å². The Labute approximate surface area is 201 Å². The Kier molecular flexibility index (Phi) is 19.2. The van der Waals surface area contributed by atoms with E-state index < -0.39 is 0 Å². The molecule has 0 heterocycles. The summed E-state index contributed by atoms with van der Waals surface area (Å²) in [4.78, 5) is 12.8. The molecule has 0 aromatic heterocycles. The molecule has 1 rings (SSSR count). The quantitative estimate of drug-likeness (QED) is 0.141. The van der Waals surface area contributed by atoms with Crippen molar-refractivity contribution in [3.8, 4) is 5.75 Å². The molecule has 1 amide bonds. The Bertz CT molecular complexity index is 550. The highest BCUT2D eigenvalue weighted by atomic mass is 32.2. The molecule has 4 nitrogen and oxygen atoms in total. The van der Waals surface area contributed by atoms with Gasteiger partial charge < -0.3 is 15.2 Å². The van der Waals surface area contributed by atoms with Gasteiger partial charge in [0, 0.05) is 17.2 Å². The van der Waals surface area contributed by atoms with Crippen LogP contribution in [0.2, 0.25) is 0 Å². The second kappa shape index (κ2) is 21.5. The van der Waals surface area contributed by atoms with E-state index in [9.17, 15) is 9.90 Å². The van der Waals surface area contributed by atoms with Gasteiger partial charge in [-0.25, -0.2) is 4.79 Å². The van der Waals surface area contributed by atoms with Crippen molar-refractivity contribution < 1.29 is 14.6 Å². The van der Waals surface area contributed by atoms with E-state index in [1.807, 2.05) is 12.1 Å². The number of hydrogen-bond donors (Lipinski definition) is 2. The van der Waals surface area contributed by atoms with E-state index >= 15 is 0 Å². The fourth-order valence-electron chi connectivity index (χ4n) is 3.73. The summed E-state index contributed by atoms with van der Waals surface area (Å²) in [5.41, 5.74) is 0. The van der Waals surface area contributed by atoms with Gasteiger partial charge in [0.25, 0.3) is 0 Å². The third kappa shape index (κ3) is 18.2. The van der Waals surface area contributed by atoms with Crippen molar-refractivity contribution >= 4 is 17.9 Å². The average Bonchev–Trinajstić information content (AvgIpc) is 2.80. The van der Waals surface area contributed by atoms with Gasteiger partial charge >= 0.3 is 6.09 Å². The number of benzene rings is 1. The van der Waals surface area contributed by atoms with Gasteiger partial charge in [-0.1, -0.05) is 103 Å². The zero-order valence-corrected chi connectivity index (χ0v) is 21.2. The number of alkyl carbamates (subject to hydrolysis) is 1. The van der Waals surface area contributed by atoms with Crippen molar-refractivity contribution in [3.63, 3.8) is 0 Å². The zero-order chi connectivity index (χ0) is 23.1. The molecule has 0 radical (unpaired) electrons. The lowest BCUT2D eigenvalue weighted by Gasteiger charge is -2.07. The maximum Gasteiger partial charge on any atom is 0.407 e. The SMILES string of the molecule is CCCCCCCCCCCCCCCCCCOC(=O)NCCSc1ccc(O)cc1. The molecule has 0 aliphatic carbocycles. The van der Waals surface area contributed by atoms with Crippen LogP contribution in [0.5, 0.6) is 5.75 Å². The van der Waals surface area contributed by atoms with Crippen molar-refractivity contribution in [2.75, 3.05) is 18.9 Å². The van der Waals surface area contributed by atoms with Crippen LogP contribution in [-0.2, 0) is 4.74 Å². The number of ether oxygens (including phenoxy) is 1. The molecule has 0 aliphatic heterocycles. The van der Waals surface area contributed by atoms with Crippen LogP contribution in [0.15, 0.2) is 29.2 Å². The molecule has 0 saturated heterocycles. The highest BCUT2D eigenvalue weighted by Crippen LogP contribution is 2.20. The van der Waals surface area contributed by atoms with Gasteiger partial charge in [0.1, 0.15) is 5.75 Å². The number of hydrogen-bond acceptors (Lipinski definition) is 4. The standard InChI is InChI=1S/C27H47NO3S/c1-2-3-4-5-6-7-8-9-10-11-12-13-14-15-16-17-23-31-27(30)28-22-24-32-26-20-18-25(29)19-21-26/h18-21,29H,2-17,22-24H2,1H3,(H,28,30). The Balaban J connectivity index is 1.75. The largest absolute Gasteiger partial charge is 0.508 e. The number of unbranched alkanes of at least 4 members (excludes halogenated alkanes) is 15. The van der Waals surface area contributed by atoms with Crippen LogP contribution in [0.4, 0.5) is 4.79 Å². The van der Waals surface area contributed by atoms with Crippen LogP contribution < -0.4 is 5.32 Å². The molecule has 0 spiro atoms. The third-order valence-electron chi connectivity index (χ3n) is 5.71. The highest BCUT2D eigenvalue weighted by molar-refractivity contribution is 7.99. The minimum Gasteiger partial charge on any atom is -0.508 e. The lowest BCUT2D eigenvalue weighted by atomic mass is 10.0. The van der Waals surface area contributed by atoms with Crippen molar-refractivity contribution in [2.24, 2.45) is 0 Å². The minimum atomic E-state index is -0.322. The first-order chi connectivity index (χ1) is 15.7. The molecule has 1 aromatic carbocycles. The number of phenolic OH excluding ortho intramolecular Hbond substituents is 1. The Morgan fingerprint density at radius 3 is 1.75 bits per heavy atom.